The van der Waals surface area contributed by atoms with E-state index in [1.807, 2.05) is 23.1 Å². The molecule has 2 aromatic carbocycles. The van der Waals surface area contributed by atoms with Crippen LogP contribution < -0.4 is 19.9 Å². The van der Waals surface area contributed by atoms with Gasteiger partial charge in [-0.3, -0.25) is 4.79 Å². The first kappa shape index (κ1) is 19.3. The van der Waals surface area contributed by atoms with Crippen molar-refractivity contribution in [3.63, 3.8) is 0 Å². The Morgan fingerprint density at radius 3 is 2.48 bits per heavy atom. The van der Waals surface area contributed by atoms with Crippen LogP contribution in [0.15, 0.2) is 53.5 Å². The molecule has 4 rings (SSSR count). The van der Waals surface area contributed by atoms with Gasteiger partial charge in [0.25, 0.3) is 5.56 Å². The van der Waals surface area contributed by atoms with Crippen molar-refractivity contribution >= 4 is 17.3 Å². The average molecular weight is 414 g/mol. The summed E-state index contributed by atoms with van der Waals surface area (Å²) in [5, 5.41) is 15.1. The van der Waals surface area contributed by atoms with Crippen LogP contribution >= 0.6 is 11.6 Å². The van der Waals surface area contributed by atoms with E-state index in [2.05, 4.69) is 5.10 Å². The molecule has 0 bridgehead atoms. The molecule has 1 aromatic heterocycles. The molecule has 1 aliphatic rings. The first-order valence-electron chi connectivity index (χ1n) is 9.05. The van der Waals surface area contributed by atoms with Gasteiger partial charge in [-0.1, -0.05) is 29.8 Å². The van der Waals surface area contributed by atoms with Gasteiger partial charge in [-0.15, -0.1) is 0 Å². The molecule has 150 valence electrons. The minimum absolute atomic E-state index is 0.0429. The lowest BCUT2D eigenvalue weighted by molar-refractivity contribution is 0.169. The summed E-state index contributed by atoms with van der Waals surface area (Å²) in [6.45, 7) is 0.635. The lowest BCUT2D eigenvalue weighted by Gasteiger charge is -2.35. The van der Waals surface area contributed by atoms with Gasteiger partial charge >= 0.3 is 0 Å². The number of methoxy groups -OCH3 is 2. The van der Waals surface area contributed by atoms with Crippen molar-refractivity contribution in [1.29, 1.82) is 0 Å². The van der Waals surface area contributed by atoms with E-state index in [4.69, 9.17) is 21.1 Å². The second-order valence-corrected chi connectivity index (χ2v) is 7.03. The maximum Gasteiger partial charge on any atom is 0.292 e. The third kappa shape index (κ3) is 3.32. The van der Waals surface area contributed by atoms with E-state index >= 15 is 0 Å². The lowest BCUT2D eigenvalue weighted by Crippen LogP contribution is -2.36. The molecular weight excluding hydrogens is 394 g/mol. The molecule has 0 radical (unpaired) electrons. The van der Waals surface area contributed by atoms with Crippen LogP contribution in [0.1, 0.15) is 17.2 Å². The summed E-state index contributed by atoms with van der Waals surface area (Å²) < 4.78 is 12.1. The Bertz CT molecular complexity index is 1100. The van der Waals surface area contributed by atoms with Crippen LogP contribution in [-0.2, 0) is 6.54 Å². The number of fused-ring (bicyclic) bond motifs is 1. The molecule has 0 spiro atoms. The van der Waals surface area contributed by atoms with Crippen LogP contribution in [0.2, 0.25) is 5.02 Å². The van der Waals surface area contributed by atoms with Gasteiger partial charge in [-0.2, -0.15) is 9.78 Å². The van der Waals surface area contributed by atoms with Gasteiger partial charge in [0.2, 0.25) is 0 Å². The van der Waals surface area contributed by atoms with Gasteiger partial charge in [0, 0.05) is 24.2 Å². The first-order chi connectivity index (χ1) is 14.0. The summed E-state index contributed by atoms with van der Waals surface area (Å²) in [5.41, 5.74) is 2.13. The molecule has 0 fully saturated rings. The fraction of sp³-hybridized carbons (Fsp3) is 0.238. The van der Waals surface area contributed by atoms with E-state index in [1.54, 1.807) is 44.7 Å². The summed E-state index contributed by atoms with van der Waals surface area (Å²) in [7, 11) is 3.13. The van der Waals surface area contributed by atoms with Crippen molar-refractivity contribution in [1.82, 2.24) is 9.78 Å². The number of β-amino-alcohol motifs (C(OH)–C–C–N with tert-alkyl or cyclic N) is 1. The molecule has 0 aliphatic carbocycles. The van der Waals surface area contributed by atoms with Gasteiger partial charge in [0.05, 0.1) is 31.8 Å². The molecular formula is C21H20ClN3O4. The topological polar surface area (TPSA) is 76.8 Å². The SMILES string of the molecule is COc1ccc(OC)c2c1CN(c1cnn(-c3ccccc3)c(=O)c1Cl)CC2O. The number of aliphatic hydroxyl groups excluding tert-OH is 1. The van der Waals surface area contributed by atoms with Gasteiger partial charge in [-0.05, 0) is 24.3 Å². The van der Waals surface area contributed by atoms with Crippen molar-refractivity contribution in [2.45, 2.75) is 12.6 Å². The summed E-state index contributed by atoms with van der Waals surface area (Å²) in [4.78, 5) is 14.6. The number of anilines is 1. The van der Waals surface area contributed by atoms with E-state index in [-0.39, 0.29) is 11.6 Å². The zero-order valence-corrected chi connectivity index (χ0v) is 16.8. The number of aromatic nitrogens is 2. The maximum atomic E-state index is 12.8. The van der Waals surface area contributed by atoms with Crippen LogP contribution in [0.25, 0.3) is 5.69 Å². The minimum Gasteiger partial charge on any atom is -0.496 e. The third-order valence-electron chi connectivity index (χ3n) is 5.03. The van der Waals surface area contributed by atoms with Gasteiger partial charge < -0.3 is 19.5 Å². The highest BCUT2D eigenvalue weighted by atomic mass is 35.5. The van der Waals surface area contributed by atoms with Crippen LogP contribution in [-0.4, -0.2) is 35.7 Å². The summed E-state index contributed by atoms with van der Waals surface area (Å²) in [5.74, 6) is 1.22. The number of hydrogen-bond donors (Lipinski definition) is 1. The molecule has 3 aromatic rings. The number of nitrogens with zero attached hydrogens (tertiary/aromatic N) is 3. The van der Waals surface area contributed by atoms with E-state index in [1.165, 1.54) is 4.68 Å². The van der Waals surface area contributed by atoms with Crippen molar-refractivity contribution < 1.29 is 14.6 Å². The fourth-order valence-corrected chi connectivity index (χ4v) is 3.91. The zero-order valence-electron chi connectivity index (χ0n) is 16.0. The van der Waals surface area contributed by atoms with Crippen LogP contribution in [0.5, 0.6) is 11.5 Å². The Balaban J connectivity index is 1.76. The quantitative estimate of drug-likeness (QED) is 0.708. The molecule has 2 heterocycles. The lowest BCUT2D eigenvalue weighted by atomic mass is 9.95. The monoisotopic (exact) mass is 413 g/mol. The van der Waals surface area contributed by atoms with Gasteiger partial charge in [0.1, 0.15) is 22.6 Å². The molecule has 8 heteroatoms. The van der Waals surface area contributed by atoms with Gasteiger partial charge in [0.15, 0.2) is 0 Å². The van der Waals surface area contributed by atoms with Crippen molar-refractivity contribution in [2.24, 2.45) is 0 Å². The summed E-state index contributed by atoms with van der Waals surface area (Å²) in [6, 6.07) is 12.6. The Hall–Kier alpha value is -3.03. The molecule has 1 N–H and O–H groups in total. The predicted molar refractivity (Wildman–Crippen MR) is 110 cm³/mol. The molecule has 0 saturated carbocycles. The number of aliphatic hydroxyl groups is 1. The highest BCUT2D eigenvalue weighted by Gasteiger charge is 2.31. The van der Waals surface area contributed by atoms with Crippen molar-refractivity contribution in [2.75, 3.05) is 25.7 Å². The molecule has 29 heavy (non-hydrogen) atoms. The number of rotatable bonds is 4. The van der Waals surface area contributed by atoms with E-state index in [0.717, 1.165) is 5.56 Å². The summed E-state index contributed by atoms with van der Waals surface area (Å²) >= 11 is 6.44. The van der Waals surface area contributed by atoms with E-state index < -0.39 is 11.7 Å². The number of para-hydroxylation sites is 1. The van der Waals surface area contributed by atoms with Crippen molar-refractivity contribution in [3.8, 4) is 17.2 Å². The van der Waals surface area contributed by atoms with Crippen LogP contribution in [0.4, 0.5) is 5.69 Å². The van der Waals surface area contributed by atoms with Crippen molar-refractivity contribution in [3.05, 3.63) is 75.2 Å². The number of halogens is 1. The number of hydrogen-bond acceptors (Lipinski definition) is 6. The normalized spacial score (nSPS) is 15.7. The molecule has 0 amide bonds. The predicted octanol–water partition coefficient (Wildman–Crippen LogP) is 2.96. The Labute approximate surface area is 172 Å². The Morgan fingerprint density at radius 1 is 1.10 bits per heavy atom. The number of benzene rings is 2. The smallest absolute Gasteiger partial charge is 0.292 e. The van der Waals surface area contributed by atoms with E-state index in [9.17, 15) is 9.90 Å². The van der Waals surface area contributed by atoms with E-state index in [0.29, 0.717) is 35.0 Å². The number of ether oxygens (including phenoxy) is 2. The van der Waals surface area contributed by atoms with Crippen LogP contribution in [0, 0.1) is 0 Å². The second kappa shape index (κ2) is 7.77. The highest BCUT2D eigenvalue weighted by Crippen LogP contribution is 2.41. The molecule has 1 atom stereocenters. The standard InChI is InChI=1S/C21H20ClN3O4/c1-28-17-8-9-18(29-2)19-14(17)11-24(12-16(19)26)15-10-23-25(21(27)20(15)22)13-6-4-3-5-7-13/h3-10,16,26H,11-12H2,1-2H3. The average Bonchev–Trinajstić information content (AvgIpc) is 2.75. The zero-order chi connectivity index (χ0) is 20.5. The third-order valence-corrected chi connectivity index (χ3v) is 5.39. The molecule has 7 nitrogen and oxygen atoms in total. The largest absolute Gasteiger partial charge is 0.496 e. The Kier molecular flexibility index (Phi) is 5.17. The van der Waals surface area contributed by atoms with Gasteiger partial charge in [-0.25, -0.2) is 0 Å². The van der Waals surface area contributed by atoms with Crippen LogP contribution in [0.3, 0.4) is 0 Å². The maximum absolute atomic E-state index is 12.8. The second-order valence-electron chi connectivity index (χ2n) is 6.65. The molecule has 1 aliphatic heterocycles. The molecule has 0 saturated heterocycles. The minimum atomic E-state index is -0.837. The summed E-state index contributed by atoms with van der Waals surface area (Å²) in [6.07, 6.45) is 0.706. The first-order valence-corrected chi connectivity index (χ1v) is 9.43. The Morgan fingerprint density at radius 2 is 1.79 bits per heavy atom. The fourth-order valence-electron chi connectivity index (χ4n) is 3.66. The highest BCUT2D eigenvalue weighted by molar-refractivity contribution is 6.33. The molecule has 1 unspecified atom stereocenters.